The molecule has 0 bridgehead atoms. The zero-order valence-electron chi connectivity index (χ0n) is 21.6. The number of nitrogens with zero attached hydrogens (tertiary/aromatic N) is 5. The Hall–Kier alpha value is -3.57. The Morgan fingerprint density at radius 3 is 2.46 bits per heavy atom. The number of oxazole rings is 1. The third-order valence-electron chi connectivity index (χ3n) is 8.06. The molecule has 1 atom stereocenters. The molecule has 2 aromatic carbocycles. The van der Waals surface area contributed by atoms with E-state index < -0.39 is 16.1 Å². The van der Waals surface area contributed by atoms with E-state index in [4.69, 9.17) is 4.42 Å². The van der Waals surface area contributed by atoms with Crippen LogP contribution in [0.3, 0.4) is 0 Å². The molecular weight excluding hydrogens is 514 g/mol. The van der Waals surface area contributed by atoms with E-state index in [2.05, 4.69) is 32.9 Å². The first-order chi connectivity index (χ1) is 18.8. The van der Waals surface area contributed by atoms with Crippen molar-refractivity contribution in [2.75, 3.05) is 38.1 Å². The minimum Gasteiger partial charge on any atom is -0.445 e. The van der Waals surface area contributed by atoms with E-state index in [1.54, 1.807) is 36.7 Å². The quantitative estimate of drug-likeness (QED) is 0.395. The summed E-state index contributed by atoms with van der Waals surface area (Å²) in [5.74, 6) is 0.440. The van der Waals surface area contributed by atoms with Crippen LogP contribution in [0.5, 0.6) is 0 Å². The molecule has 200 valence electrons. The maximum atomic E-state index is 13.4. The summed E-state index contributed by atoms with van der Waals surface area (Å²) >= 11 is 0. The third kappa shape index (κ3) is 4.24. The number of benzene rings is 2. The van der Waals surface area contributed by atoms with Crippen LogP contribution in [0.25, 0.3) is 11.5 Å². The molecule has 5 heterocycles. The molecule has 3 aliphatic heterocycles. The fourth-order valence-corrected chi connectivity index (χ4v) is 7.58. The Labute approximate surface area is 227 Å². The first-order valence-electron chi connectivity index (χ1n) is 13.0. The van der Waals surface area contributed by atoms with Crippen molar-refractivity contribution in [3.8, 4) is 11.5 Å². The average molecular weight is 544 g/mol. The van der Waals surface area contributed by atoms with Gasteiger partial charge in [0.25, 0.3) is 0 Å². The number of rotatable bonds is 6. The molecule has 3 aliphatic rings. The normalized spacial score (nSPS) is 19.5. The highest BCUT2D eigenvalue weighted by atomic mass is 32.2. The van der Waals surface area contributed by atoms with E-state index >= 15 is 0 Å². The first-order valence-corrected chi connectivity index (χ1v) is 14.4. The molecule has 4 aromatic rings. The van der Waals surface area contributed by atoms with Crippen molar-refractivity contribution in [2.24, 2.45) is 5.41 Å². The van der Waals surface area contributed by atoms with E-state index in [0.717, 1.165) is 48.6 Å². The van der Waals surface area contributed by atoms with Gasteiger partial charge in [-0.1, -0.05) is 12.1 Å². The van der Waals surface area contributed by atoms with Gasteiger partial charge in [-0.2, -0.15) is 4.31 Å². The average Bonchev–Trinajstić information content (AvgIpc) is 3.60. The number of fused-ring (bicyclic) bond motifs is 1. The number of pyridine rings is 1. The number of sulfonamides is 1. The van der Waals surface area contributed by atoms with Gasteiger partial charge in [-0.05, 0) is 66.2 Å². The summed E-state index contributed by atoms with van der Waals surface area (Å²) in [4.78, 5) is 13.5. The summed E-state index contributed by atoms with van der Waals surface area (Å²) in [7, 11) is -1.56. The number of anilines is 1. The molecular formula is C29H29N5O4S. The molecule has 0 unspecified atom stereocenters. The van der Waals surface area contributed by atoms with Crippen molar-refractivity contribution >= 4 is 15.7 Å². The first kappa shape index (κ1) is 24.5. The van der Waals surface area contributed by atoms with Crippen molar-refractivity contribution in [3.63, 3.8) is 0 Å². The summed E-state index contributed by atoms with van der Waals surface area (Å²) in [6.07, 6.45) is 3.82. The second kappa shape index (κ2) is 8.99. The molecule has 0 radical (unpaired) electrons. The summed E-state index contributed by atoms with van der Waals surface area (Å²) in [6.45, 7) is 4.84. The number of hydrogen-bond donors (Lipinski definition) is 1. The number of hydrogen-bond acceptors (Lipinski definition) is 8. The topological polar surface area (TPSA) is 103 Å². The largest absolute Gasteiger partial charge is 0.445 e. The SMILES string of the molecule is CN1CC2(C1)CN(c1cccc([C@H](O)c3cc4c(cn3)CN(S(=O)(=O)c3ccc(-c5ncco5)cc3)C4)c1)C2. The van der Waals surface area contributed by atoms with Crippen LogP contribution < -0.4 is 4.90 Å². The van der Waals surface area contributed by atoms with Crippen molar-refractivity contribution in [2.45, 2.75) is 24.1 Å². The van der Waals surface area contributed by atoms with E-state index in [9.17, 15) is 13.5 Å². The highest BCUT2D eigenvalue weighted by Crippen LogP contribution is 2.41. The zero-order valence-corrected chi connectivity index (χ0v) is 22.4. The zero-order chi connectivity index (χ0) is 26.8. The maximum Gasteiger partial charge on any atom is 0.243 e. The second-order valence-corrected chi connectivity index (χ2v) is 13.0. The summed E-state index contributed by atoms with van der Waals surface area (Å²) < 4.78 is 33.5. The molecule has 1 spiro atoms. The number of aromatic nitrogens is 2. The van der Waals surface area contributed by atoms with Crippen LogP contribution in [-0.4, -0.2) is 65.9 Å². The van der Waals surface area contributed by atoms with Crippen LogP contribution in [0.1, 0.15) is 28.5 Å². The Morgan fingerprint density at radius 2 is 1.74 bits per heavy atom. The van der Waals surface area contributed by atoms with Gasteiger partial charge < -0.3 is 19.3 Å². The molecule has 9 nitrogen and oxygen atoms in total. The van der Waals surface area contributed by atoms with E-state index in [-0.39, 0.29) is 18.0 Å². The lowest BCUT2D eigenvalue weighted by molar-refractivity contribution is -0.00240. The lowest BCUT2D eigenvalue weighted by atomic mass is 9.73. The number of aliphatic hydroxyl groups excluding tert-OH is 1. The van der Waals surface area contributed by atoms with Gasteiger partial charge in [0.1, 0.15) is 12.4 Å². The van der Waals surface area contributed by atoms with E-state index in [1.807, 2.05) is 24.3 Å². The van der Waals surface area contributed by atoms with Gasteiger partial charge in [0.2, 0.25) is 15.9 Å². The van der Waals surface area contributed by atoms with Gasteiger partial charge in [0.15, 0.2) is 0 Å². The standard InChI is InChI=1S/C29H29N5O4S/c1-32-16-29(17-32)18-33(19-29)24-4-2-3-21(11-24)27(35)26-12-22-14-34(15-23(22)13-31-26)39(36,37)25-7-5-20(6-8-25)28-30-9-10-38-28/h2-13,27,35H,14-19H2,1H3/t27-/m0/s1. The molecule has 0 amide bonds. The smallest absolute Gasteiger partial charge is 0.243 e. The van der Waals surface area contributed by atoms with Crippen LogP contribution in [0.2, 0.25) is 0 Å². The van der Waals surface area contributed by atoms with Crippen molar-refractivity contribution in [3.05, 3.63) is 95.6 Å². The fraction of sp³-hybridized carbons (Fsp3) is 0.310. The minimum absolute atomic E-state index is 0.206. The Balaban J connectivity index is 1.06. The lowest BCUT2D eigenvalue weighted by Crippen LogP contribution is -2.71. The van der Waals surface area contributed by atoms with E-state index in [0.29, 0.717) is 22.6 Å². The Kier molecular flexibility index (Phi) is 5.64. The van der Waals surface area contributed by atoms with Gasteiger partial charge in [-0.3, -0.25) is 4.98 Å². The number of aliphatic hydroxyl groups is 1. The van der Waals surface area contributed by atoms with Gasteiger partial charge in [-0.25, -0.2) is 13.4 Å². The molecule has 2 fully saturated rings. The molecule has 0 saturated carbocycles. The molecule has 1 N–H and O–H groups in total. The molecule has 2 saturated heterocycles. The van der Waals surface area contributed by atoms with Gasteiger partial charge in [0.05, 0.1) is 16.8 Å². The molecule has 10 heteroatoms. The minimum atomic E-state index is -3.72. The maximum absolute atomic E-state index is 13.4. The van der Waals surface area contributed by atoms with Crippen molar-refractivity contribution in [1.29, 1.82) is 0 Å². The summed E-state index contributed by atoms with van der Waals surface area (Å²) in [5, 5.41) is 11.2. The predicted octanol–water partition coefficient (Wildman–Crippen LogP) is 3.27. The van der Waals surface area contributed by atoms with Crippen molar-refractivity contribution < 1.29 is 17.9 Å². The van der Waals surface area contributed by atoms with Crippen LogP contribution in [0.15, 0.2) is 82.6 Å². The third-order valence-corrected chi connectivity index (χ3v) is 9.87. The number of likely N-dealkylation sites (tertiary alicyclic amines) is 1. The monoisotopic (exact) mass is 543 g/mol. The van der Waals surface area contributed by atoms with Gasteiger partial charge in [-0.15, -0.1) is 0 Å². The molecule has 0 aliphatic carbocycles. The summed E-state index contributed by atoms with van der Waals surface area (Å²) in [6, 6.07) is 16.4. The Bertz CT molecular complexity index is 1620. The second-order valence-electron chi connectivity index (χ2n) is 11.0. The van der Waals surface area contributed by atoms with Crippen LogP contribution >= 0.6 is 0 Å². The van der Waals surface area contributed by atoms with Crippen LogP contribution in [-0.2, 0) is 23.1 Å². The molecule has 2 aromatic heterocycles. The predicted molar refractivity (Wildman–Crippen MR) is 145 cm³/mol. The van der Waals surface area contributed by atoms with Crippen LogP contribution in [0, 0.1) is 5.41 Å². The highest BCUT2D eigenvalue weighted by molar-refractivity contribution is 7.89. The molecule has 7 rings (SSSR count). The summed E-state index contributed by atoms with van der Waals surface area (Å²) in [5.41, 5.74) is 5.24. The van der Waals surface area contributed by atoms with Crippen LogP contribution in [0.4, 0.5) is 5.69 Å². The fourth-order valence-electron chi connectivity index (χ4n) is 6.18. The van der Waals surface area contributed by atoms with Crippen molar-refractivity contribution in [1.82, 2.24) is 19.2 Å². The molecule has 39 heavy (non-hydrogen) atoms. The van der Waals surface area contributed by atoms with E-state index in [1.165, 1.54) is 10.6 Å². The Morgan fingerprint density at radius 1 is 0.974 bits per heavy atom. The lowest BCUT2D eigenvalue weighted by Gasteiger charge is -2.60. The van der Waals surface area contributed by atoms with Gasteiger partial charge in [0, 0.05) is 62.1 Å². The highest BCUT2D eigenvalue weighted by Gasteiger charge is 2.50. The van der Waals surface area contributed by atoms with Gasteiger partial charge >= 0.3 is 0 Å².